The van der Waals surface area contributed by atoms with Crippen LogP contribution >= 0.6 is 34.8 Å². The maximum atomic E-state index is 13.2. The van der Waals surface area contributed by atoms with Crippen LogP contribution in [-0.2, 0) is 16.1 Å². The Balaban J connectivity index is 1.88. The zero-order valence-corrected chi connectivity index (χ0v) is 20.2. The minimum Gasteiger partial charge on any atom is -0.507 e. The predicted octanol–water partition coefficient (Wildman–Crippen LogP) is 6.06. The fourth-order valence-electron chi connectivity index (χ4n) is 3.81. The topological polar surface area (TPSA) is 79.7 Å². The molecule has 1 aliphatic heterocycles. The molecule has 1 amide bonds. The third-order valence-corrected chi connectivity index (χ3v) is 6.41. The second-order valence-corrected chi connectivity index (χ2v) is 8.72. The Morgan fingerprint density at radius 2 is 1.79 bits per heavy atom. The molecule has 0 bridgehead atoms. The molecular weight excluding hydrogens is 499 g/mol. The Labute approximate surface area is 211 Å². The first-order valence-corrected chi connectivity index (χ1v) is 11.5. The van der Waals surface area contributed by atoms with Crippen LogP contribution in [0.2, 0.25) is 15.1 Å². The van der Waals surface area contributed by atoms with Crippen molar-refractivity contribution in [2.45, 2.75) is 19.5 Å². The van der Waals surface area contributed by atoms with E-state index in [9.17, 15) is 14.7 Å². The molecule has 1 fully saturated rings. The van der Waals surface area contributed by atoms with Gasteiger partial charge in [-0.3, -0.25) is 14.6 Å². The number of aliphatic hydroxyl groups is 1. The Morgan fingerprint density at radius 1 is 1.03 bits per heavy atom. The summed E-state index contributed by atoms with van der Waals surface area (Å²) >= 11 is 18.5. The second-order valence-electron chi connectivity index (χ2n) is 7.50. The molecular formula is C25H19Cl3N2O4. The lowest BCUT2D eigenvalue weighted by Crippen LogP contribution is -2.29. The highest BCUT2D eigenvalue weighted by atomic mass is 35.5. The third kappa shape index (κ3) is 4.62. The summed E-state index contributed by atoms with van der Waals surface area (Å²) in [6.45, 7) is 2.22. The zero-order chi connectivity index (χ0) is 24.4. The van der Waals surface area contributed by atoms with Crippen molar-refractivity contribution in [2.75, 3.05) is 6.61 Å². The van der Waals surface area contributed by atoms with Crippen LogP contribution in [0.15, 0.2) is 66.4 Å². The van der Waals surface area contributed by atoms with Gasteiger partial charge in [0.2, 0.25) is 0 Å². The molecule has 0 spiro atoms. The Hall–Kier alpha value is -3.06. The van der Waals surface area contributed by atoms with Gasteiger partial charge in [0.15, 0.2) is 0 Å². The average Bonchev–Trinajstić information content (AvgIpc) is 3.07. The van der Waals surface area contributed by atoms with Crippen LogP contribution in [0.25, 0.3) is 5.76 Å². The van der Waals surface area contributed by atoms with Crippen LogP contribution in [0.4, 0.5) is 0 Å². The molecule has 34 heavy (non-hydrogen) atoms. The molecule has 4 rings (SSSR count). The van der Waals surface area contributed by atoms with Crippen LogP contribution in [-0.4, -0.2) is 33.3 Å². The van der Waals surface area contributed by atoms with Crippen molar-refractivity contribution in [1.82, 2.24) is 9.88 Å². The number of likely N-dealkylation sites (tertiary alicyclic amines) is 1. The number of amides is 1. The third-order valence-electron chi connectivity index (χ3n) is 5.36. The largest absolute Gasteiger partial charge is 0.507 e. The average molecular weight is 518 g/mol. The number of benzene rings is 2. The monoisotopic (exact) mass is 516 g/mol. The van der Waals surface area contributed by atoms with Crippen molar-refractivity contribution in [3.63, 3.8) is 0 Å². The lowest BCUT2D eigenvalue weighted by Gasteiger charge is -2.25. The molecule has 1 N–H and O–H groups in total. The molecule has 1 aliphatic rings. The summed E-state index contributed by atoms with van der Waals surface area (Å²) in [5.41, 5.74) is 1.31. The lowest BCUT2D eigenvalue weighted by atomic mass is 9.95. The van der Waals surface area contributed by atoms with Crippen LogP contribution < -0.4 is 4.74 Å². The van der Waals surface area contributed by atoms with Crippen molar-refractivity contribution in [3.8, 4) is 5.75 Å². The number of hydrogen-bond acceptors (Lipinski definition) is 5. The number of carbonyl (C=O) groups excluding carboxylic acids is 2. The Bertz CT molecular complexity index is 1290. The molecule has 1 saturated heterocycles. The molecule has 1 atom stereocenters. The van der Waals surface area contributed by atoms with Gasteiger partial charge in [0.25, 0.3) is 11.7 Å². The summed E-state index contributed by atoms with van der Waals surface area (Å²) in [6.07, 6.45) is 1.60. The maximum absolute atomic E-state index is 13.2. The van der Waals surface area contributed by atoms with Crippen LogP contribution in [0.3, 0.4) is 0 Å². The lowest BCUT2D eigenvalue weighted by molar-refractivity contribution is -0.140. The fraction of sp³-hybridized carbons (Fsp3) is 0.160. The van der Waals surface area contributed by atoms with E-state index in [1.54, 1.807) is 61.7 Å². The summed E-state index contributed by atoms with van der Waals surface area (Å²) in [7, 11) is 0. The van der Waals surface area contributed by atoms with Gasteiger partial charge in [0.05, 0.1) is 45.5 Å². The zero-order valence-electron chi connectivity index (χ0n) is 18.0. The second kappa shape index (κ2) is 10.1. The highest BCUT2D eigenvalue weighted by molar-refractivity contribution is 6.47. The molecule has 0 radical (unpaired) electrons. The first-order valence-electron chi connectivity index (χ1n) is 10.4. The molecule has 174 valence electrons. The van der Waals surface area contributed by atoms with Gasteiger partial charge in [-0.2, -0.15) is 0 Å². The minimum atomic E-state index is -0.914. The van der Waals surface area contributed by atoms with Gasteiger partial charge in [-0.15, -0.1) is 0 Å². The molecule has 9 heteroatoms. The number of aliphatic hydroxyl groups excluding tert-OH is 1. The number of carbonyl (C=O) groups is 2. The molecule has 1 aromatic heterocycles. The maximum Gasteiger partial charge on any atom is 0.296 e. The molecule has 1 unspecified atom stereocenters. The van der Waals surface area contributed by atoms with E-state index in [1.807, 2.05) is 0 Å². The minimum absolute atomic E-state index is 0.0535. The molecule has 6 nitrogen and oxygen atoms in total. The van der Waals surface area contributed by atoms with Crippen molar-refractivity contribution in [3.05, 3.63) is 98.3 Å². The Morgan fingerprint density at radius 3 is 2.47 bits per heavy atom. The number of aromatic nitrogens is 1. The van der Waals surface area contributed by atoms with E-state index >= 15 is 0 Å². The predicted molar refractivity (Wildman–Crippen MR) is 131 cm³/mol. The number of Topliss-reactive ketones (excluding diaryl/α,β-unsaturated/α-hetero) is 1. The first kappa shape index (κ1) is 24.1. The normalized spacial score (nSPS) is 17.3. The van der Waals surface area contributed by atoms with E-state index in [1.165, 1.54) is 11.0 Å². The number of pyridine rings is 1. The number of nitrogens with zero attached hydrogens (tertiary/aromatic N) is 2. The summed E-state index contributed by atoms with van der Waals surface area (Å²) in [4.78, 5) is 31.9. The standard InChI is InChI=1S/C25H19Cl3N2O4/c1-2-34-20-12-15(7-9-18(20)27)23(31)21-22(14-6-8-17(26)19(28)11-14)30(25(33)24(21)32)13-16-5-3-4-10-29-16/h3-12,22,31H,2,13H2,1H3/b23-21-. The van der Waals surface area contributed by atoms with Crippen molar-refractivity contribution < 1.29 is 19.4 Å². The van der Waals surface area contributed by atoms with Crippen molar-refractivity contribution in [2.24, 2.45) is 0 Å². The number of ether oxygens (including phenoxy) is 1. The first-order chi connectivity index (χ1) is 16.3. The van der Waals surface area contributed by atoms with E-state index < -0.39 is 17.7 Å². The SMILES string of the molecule is CCOc1cc(/C(O)=C2/C(=O)C(=O)N(Cc3ccccn3)C2c2ccc(Cl)c(Cl)c2)ccc1Cl. The summed E-state index contributed by atoms with van der Waals surface area (Å²) in [5.74, 6) is -1.59. The van der Waals surface area contributed by atoms with E-state index in [-0.39, 0.29) is 28.5 Å². The molecule has 3 aromatic rings. The molecule has 0 saturated carbocycles. The van der Waals surface area contributed by atoms with Crippen LogP contribution in [0.1, 0.15) is 29.8 Å². The summed E-state index contributed by atoms with van der Waals surface area (Å²) in [6, 6.07) is 13.8. The molecule has 2 aromatic carbocycles. The van der Waals surface area contributed by atoms with E-state index in [0.717, 1.165) is 0 Å². The number of rotatable bonds is 6. The van der Waals surface area contributed by atoms with Gasteiger partial charge in [-0.25, -0.2) is 0 Å². The smallest absolute Gasteiger partial charge is 0.296 e. The van der Waals surface area contributed by atoms with Gasteiger partial charge in [-0.05, 0) is 55.0 Å². The van der Waals surface area contributed by atoms with Gasteiger partial charge in [-0.1, -0.05) is 46.9 Å². The van der Waals surface area contributed by atoms with Gasteiger partial charge >= 0.3 is 0 Å². The number of halogens is 3. The van der Waals surface area contributed by atoms with E-state index in [0.29, 0.717) is 33.7 Å². The van der Waals surface area contributed by atoms with Gasteiger partial charge < -0.3 is 14.7 Å². The number of ketones is 1. The van der Waals surface area contributed by atoms with Crippen molar-refractivity contribution in [1.29, 1.82) is 0 Å². The van der Waals surface area contributed by atoms with E-state index in [2.05, 4.69) is 4.98 Å². The summed E-state index contributed by atoms with van der Waals surface area (Å²) < 4.78 is 5.51. The quantitative estimate of drug-likeness (QED) is 0.244. The molecule has 0 aliphatic carbocycles. The van der Waals surface area contributed by atoms with Gasteiger partial charge in [0.1, 0.15) is 11.5 Å². The highest BCUT2D eigenvalue weighted by Crippen LogP contribution is 2.42. The highest BCUT2D eigenvalue weighted by Gasteiger charge is 2.46. The Kier molecular flexibility index (Phi) is 7.12. The summed E-state index contributed by atoms with van der Waals surface area (Å²) in [5, 5.41) is 12.2. The van der Waals surface area contributed by atoms with Crippen molar-refractivity contribution >= 4 is 52.3 Å². The fourth-order valence-corrected chi connectivity index (χ4v) is 4.29. The van der Waals surface area contributed by atoms with Gasteiger partial charge in [0, 0.05) is 11.8 Å². The molecule has 2 heterocycles. The van der Waals surface area contributed by atoms with Crippen LogP contribution in [0.5, 0.6) is 5.75 Å². The van der Waals surface area contributed by atoms with Crippen LogP contribution in [0, 0.1) is 0 Å². The number of hydrogen-bond donors (Lipinski definition) is 1. The van der Waals surface area contributed by atoms with E-state index in [4.69, 9.17) is 39.5 Å².